The smallest absolute Gasteiger partial charge is 0.0941 e. The minimum Gasteiger partial charge on any atom is -0.367 e. The van der Waals surface area contributed by atoms with E-state index in [1.54, 1.807) is 0 Å². The fourth-order valence-electron chi connectivity index (χ4n) is 1.48. The van der Waals surface area contributed by atoms with Crippen molar-refractivity contribution in [2.24, 2.45) is 7.05 Å². The van der Waals surface area contributed by atoms with Gasteiger partial charge in [-0.05, 0) is 19.2 Å². The van der Waals surface area contributed by atoms with Gasteiger partial charge in [-0.25, -0.2) is 0 Å². The van der Waals surface area contributed by atoms with Crippen LogP contribution >= 0.6 is 0 Å². The lowest BCUT2D eigenvalue weighted by atomic mass is 10.2. The Morgan fingerprint density at radius 2 is 2.43 bits per heavy atom. The van der Waals surface area contributed by atoms with Gasteiger partial charge in [-0.3, -0.25) is 4.68 Å². The maximum atomic E-state index is 4.43. The summed E-state index contributed by atoms with van der Waals surface area (Å²) in [7, 11) is 3.89. The molecule has 0 spiro atoms. The number of hydrogen-bond acceptors (Lipinski definition) is 2. The van der Waals surface area contributed by atoms with Crippen molar-refractivity contribution >= 4 is 0 Å². The fourth-order valence-corrected chi connectivity index (χ4v) is 1.48. The second kappa shape index (κ2) is 3.67. The zero-order valence-electron chi connectivity index (χ0n) is 8.41. The van der Waals surface area contributed by atoms with E-state index in [-0.39, 0.29) is 0 Å². The molecule has 0 amide bonds. The van der Waals surface area contributed by atoms with Crippen LogP contribution in [0.15, 0.2) is 24.5 Å². The molecule has 14 heavy (non-hydrogen) atoms. The van der Waals surface area contributed by atoms with Gasteiger partial charge in [-0.2, -0.15) is 5.10 Å². The van der Waals surface area contributed by atoms with Crippen LogP contribution in [0.25, 0.3) is 11.3 Å². The first-order valence-corrected chi connectivity index (χ1v) is 4.62. The molecular weight excluding hydrogens is 176 g/mol. The molecule has 2 N–H and O–H groups in total. The van der Waals surface area contributed by atoms with E-state index in [1.807, 2.05) is 37.2 Å². The molecule has 0 fully saturated rings. The lowest BCUT2D eigenvalue weighted by Gasteiger charge is -1.97. The van der Waals surface area contributed by atoms with Crippen LogP contribution in [0.3, 0.4) is 0 Å². The van der Waals surface area contributed by atoms with Gasteiger partial charge in [-0.1, -0.05) is 0 Å². The second-order valence-corrected chi connectivity index (χ2v) is 3.27. The Morgan fingerprint density at radius 1 is 1.57 bits per heavy atom. The number of nitrogens with zero attached hydrogens (tertiary/aromatic N) is 2. The zero-order valence-corrected chi connectivity index (χ0v) is 8.41. The highest BCUT2D eigenvalue weighted by atomic mass is 15.3. The molecule has 2 aromatic rings. The van der Waals surface area contributed by atoms with Crippen molar-refractivity contribution in [2.45, 2.75) is 6.54 Å². The van der Waals surface area contributed by atoms with E-state index >= 15 is 0 Å². The summed E-state index contributed by atoms with van der Waals surface area (Å²) in [5.41, 5.74) is 3.32. The lowest BCUT2D eigenvalue weighted by Crippen LogP contribution is -2.09. The molecule has 4 heteroatoms. The maximum Gasteiger partial charge on any atom is 0.0941 e. The molecule has 0 aromatic carbocycles. The first-order valence-electron chi connectivity index (χ1n) is 4.62. The summed E-state index contributed by atoms with van der Waals surface area (Å²) < 4.78 is 1.90. The van der Waals surface area contributed by atoms with E-state index in [0.717, 1.165) is 17.8 Å². The zero-order chi connectivity index (χ0) is 9.97. The number of nitrogens with one attached hydrogen (secondary N) is 2. The Morgan fingerprint density at radius 3 is 3.07 bits per heavy atom. The summed E-state index contributed by atoms with van der Waals surface area (Å²) in [4.78, 5) is 3.02. The number of aryl methyl sites for hydroxylation is 1. The Kier molecular flexibility index (Phi) is 2.37. The van der Waals surface area contributed by atoms with Crippen LogP contribution in [0.1, 0.15) is 5.69 Å². The quantitative estimate of drug-likeness (QED) is 0.762. The van der Waals surface area contributed by atoms with Crippen LogP contribution in [0.2, 0.25) is 0 Å². The molecule has 0 saturated carbocycles. The first kappa shape index (κ1) is 9.02. The average Bonchev–Trinajstić information content (AvgIpc) is 2.76. The van der Waals surface area contributed by atoms with Gasteiger partial charge in [0, 0.05) is 31.5 Å². The number of hydrogen-bond donors (Lipinski definition) is 2. The molecule has 0 unspecified atom stereocenters. The van der Waals surface area contributed by atoms with Gasteiger partial charge in [0.2, 0.25) is 0 Å². The van der Waals surface area contributed by atoms with Gasteiger partial charge in [0.15, 0.2) is 0 Å². The molecule has 0 saturated heterocycles. The van der Waals surface area contributed by atoms with Crippen LogP contribution in [-0.2, 0) is 13.6 Å². The van der Waals surface area contributed by atoms with Gasteiger partial charge >= 0.3 is 0 Å². The van der Waals surface area contributed by atoms with E-state index in [0.29, 0.717) is 0 Å². The molecular formula is C10H14N4. The van der Waals surface area contributed by atoms with Crippen LogP contribution in [0.5, 0.6) is 0 Å². The van der Waals surface area contributed by atoms with Crippen molar-refractivity contribution in [3.8, 4) is 11.3 Å². The van der Waals surface area contributed by atoms with Crippen LogP contribution in [0.4, 0.5) is 0 Å². The molecule has 2 rings (SSSR count). The molecule has 0 aliphatic carbocycles. The van der Waals surface area contributed by atoms with E-state index < -0.39 is 0 Å². The highest BCUT2D eigenvalue weighted by Gasteiger charge is 2.05. The molecule has 0 aliphatic heterocycles. The average molecular weight is 190 g/mol. The van der Waals surface area contributed by atoms with Crippen molar-refractivity contribution in [3.63, 3.8) is 0 Å². The topological polar surface area (TPSA) is 45.6 Å². The first-order chi connectivity index (χ1) is 6.81. The van der Waals surface area contributed by atoms with E-state index in [2.05, 4.69) is 21.5 Å². The molecule has 2 heterocycles. The van der Waals surface area contributed by atoms with Gasteiger partial charge in [0.1, 0.15) is 0 Å². The standard InChI is InChI=1S/C10H14N4/c1-11-7-9-5-10(13-14(9)2)8-3-4-12-6-8/h3-6,11-12H,7H2,1-2H3. The third-order valence-corrected chi connectivity index (χ3v) is 2.23. The van der Waals surface area contributed by atoms with Gasteiger partial charge < -0.3 is 10.3 Å². The third-order valence-electron chi connectivity index (χ3n) is 2.23. The lowest BCUT2D eigenvalue weighted by molar-refractivity contribution is 0.673. The largest absolute Gasteiger partial charge is 0.367 e. The minimum absolute atomic E-state index is 0.841. The molecule has 0 atom stereocenters. The van der Waals surface area contributed by atoms with E-state index in [1.165, 1.54) is 5.69 Å². The Hall–Kier alpha value is -1.55. The second-order valence-electron chi connectivity index (χ2n) is 3.27. The van der Waals surface area contributed by atoms with Crippen molar-refractivity contribution in [3.05, 3.63) is 30.2 Å². The van der Waals surface area contributed by atoms with Crippen molar-refractivity contribution in [1.82, 2.24) is 20.1 Å². The highest BCUT2D eigenvalue weighted by Crippen LogP contribution is 2.17. The molecule has 2 aromatic heterocycles. The number of H-pyrrole nitrogens is 1. The van der Waals surface area contributed by atoms with Crippen molar-refractivity contribution in [1.29, 1.82) is 0 Å². The summed E-state index contributed by atoms with van der Waals surface area (Å²) in [5, 5.41) is 7.54. The van der Waals surface area contributed by atoms with Crippen LogP contribution in [-0.4, -0.2) is 21.8 Å². The Bertz CT molecular complexity index is 400. The van der Waals surface area contributed by atoms with Crippen LogP contribution in [0, 0.1) is 0 Å². The van der Waals surface area contributed by atoms with Crippen molar-refractivity contribution < 1.29 is 0 Å². The van der Waals surface area contributed by atoms with Gasteiger partial charge in [-0.15, -0.1) is 0 Å². The molecule has 0 bridgehead atoms. The summed E-state index contributed by atoms with van der Waals surface area (Å²) in [6.07, 6.45) is 3.85. The summed E-state index contributed by atoms with van der Waals surface area (Å²) in [5.74, 6) is 0. The summed E-state index contributed by atoms with van der Waals surface area (Å²) >= 11 is 0. The number of rotatable bonds is 3. The maximum absolute atomic E-state index is 4.43. The SMILES string of the molecule is CNCc1cc(-c2cc[nH]c2)nn1C. The van der Waals surface area contributed by atoms with Gasteiger partial charge in [0.05, 0.1) is 11.4 Å². The third kappa shape index (κ3) is 1.56. The highest BCUT2D eigenvalue weighted by molar-refractivity contribution is 5.58. The Balaban J connectivity index is 2.33. The summed E-state index contributed by atoms with van der Waals surface area (Å²) in [6.45, 7) is 0.841. The molecule has 0 aliphatic rings. The predicted octanol–water partition coefficient (Wildman–Crippen LogP) is 1.13. The number of aromatic amines is 1. The van der Waals surface area contributed by atoms with Gasteiger partial charge in [0.25, 0.3) is 0 Å². The van der Waals surface area contributed by atoms with E-state index in [9.17, 15) is 0 Å². The Labute approximate surface area is 82.9 Å². The van der Waals surface area contributed by atoms with Crippen LogP contribution < -0.4 is 5.32 Å². The molecule has 74 valence electrons. The predicted molar refractivity (Wildman–Crippen MR) is 55.8 cm³/mol. The molecule has 4 nitrogen and oxygen atoms in total. The van der Waals surface area contributed by atoms with Crippen molar-refractivity contribution in [2.75, 3.05) is 7.05 Å². The van der Waals surface area contributed by atoms with E-state index in [4.69, 9.17) is 0 Å². The number of aromatic nitrogens is 3. The molecule has 0 radical (unpaired) electrons. The fraction of sp³-hybridized carbons (Fsp3) is 0.300. The normalized spacial score (nSPS) is 10.7. The summed E-state index contributed by atoms with van der Waals surface area (Å²) in [6, 6.07) is 4.12. The minimum atomic E-state index is 0.841. The monoisotopic (exact) mass is 190 g/mol.